The quantitative estimate of drug-likeness (QED) is 0.805. The SMILES string of the molecule is COc1ccc(Br)cc1CN1CCC[C@H]1c1c(C)noc1C. The fourth-order valence-electron chi connectivity index (χ4n) is 3.40. The Morgan fingerprint density at radius 2 is 2.23 bits per heavy atom. The van der Waals surface area contributed by atoms with E-state index in [4.69, 9.17) is 9.26 Å². The summed E-state index contributed by atoms with van der Waals surface area (Å²) in [5, 5.41) is 4.12. The molecule has 1 fully saturated rings. The van der Waals surface area contributed by atoms with Crippen molar-refractivity contribution in [3.05, 3.63) is 45.3 Å². The minimum atomic E-state index is 0.384. The van der Waals surface area contributed by atoms with Gasteiger partial charge in [0.25, 0.3) is 0 Å². The van der Waals surface area contributed by atoms with Gasteiger partial charge in [-0.2, -0.15) is 0 Å². The lowest BCUT2D eigenvalue weighted by atomic mass is 10.0. The van der Waals surface area contributed by atoms with Crippen molar-refractivity contribution >= 4 is 15.9 Å². The molecule has 118 valence electrons. The summed E-state index contributed by atoms with van der Waals surface area (Å²) < 4.78 is 11.9. The highest BCUT2D eigenvalue weighted by Gasteiger charge is 2.31. The van der Waals surface area contributed by atoms with Crippen LogP contribution in [0.4, 0.5) is 0 Å². The number of methoxy groups -OCH3 is 1. The van der Waals surface area contributed by atoms with Gasteiger partial charge in [0.2, 0.25) is 0 Å². The predicted molar refractivity (Wildman–Crippen MR) is 89.1 cm³/mol. The largest absolute Gasteiger partial charge is 0.496 e. The Morgan fingerprint density at radius 1 is 1.41 bits per heavy atom. The Balaban J connectivity index is 1.87. The van der Waals surface area contributed by atoms with Crippen molar-refractivity contribution < 1.29 is 9.26 Å². The smallest absolute Gasteiger partial charge is 0.138 e. The van der Waals surface area contributed by atoms with E-state index in [9.17, 15) is 0 Å². The normalized spacial score (nSPS) is 18.8. The number of nitrogens with zero attached hydrogens (tertiary/aromatic N) is 2. The first-order valence-corrected chi connectivity index (χ1v) is 8.38. The van der Waals surface area contributed by atoms with Crippen molar-refractivity contribution in [1.29, 1.82) is 0 Å². The van der Waals surface area contributed by atoms with Crippen molar-refractivity contribution in [2.24, 2.45) is 0 Å². The maximum Gasteiger partial charge on any atom is 0.138 e. The zero-order chi connectivity index (χ0) is 15.7. The first-order valence-electron chi connectivity index (χ1n) is 7.59. The van der Waals surface area contributed by atoms with Crippen molar-refractivity contribution in [1.82, 2.24) is 10.1 Å². The van der Waals surface area contributed by atoms with E-state index < -0.39 is 0 Å². The Morgan fingerprint density at radius 3 is 2.91 bits per heavy atom. The predicted octanol–water partition coefficient (Wildman–Crippen LogP) is 4.40. The lowest BCUT2D eigenvalue weighted by Crippen LogP contribution is -2.23. The fraction of sp³-hybridized carbons (Fsp3) is 0.471. The molecule has 1 saturated heterocycles. The van der Waals surface area contributed by atoms with Crippen molar-refractivity contribution in [3.8, 4) is 5.75 Å². The highest BCUT2D eigenvalue weighted by Crippen LogP contribution is 2.37. The molecule has 0 unspecified atom stereocenters. The second-order valence-electron chi connectivity index (χ2n) is 5.82. The molecule has 4 nitrogen and oxygen atoms in total. The van der Waals surface area contributed by atoms with Crippen LogP contribution in [0.25, 0.3) is 0 Å². The van der Waals surface area contributed by atoms with Gasteiger partial charge in [0.1, 0.15) is 11.5 Å². The number of ether oxygens (including phenoxy) is 1. The number of hydrogen-bond donors (Lipinski definition) is 0. The molecule has 1 atom stereocenters. The first kappa shape index (κ1) is 15.6. The molecule has 0 radical (unpaired) electrons. The van der Waals surface area contributed by atoms with Crippen LogP contribution in [-0.4, -0.2) is 23.7 Å². The average Bonchev–Trinajstić information content (AvgIpc) is 3.06. The molecule has 22 heavy (non-hydrogen) atoms. The van der Waals surface area contributed by atoms with Gasteiger partial charge in [-0.15, -0.1) is 0 Å². The molecular weight excluding hydrogens is 344 g/mol. The molecule has 0 aliphatic carbocycles. The van der Waals surface area contributed by atoms with Gasteiger partial charge < -0.3 is 9.26 Å². The maximum absolute atomic E-state index is 5.51. The van der Waals surface area contributed by atoms with E-state index in [2.05, 4.69) is 32.1 Å². The van der Waals surface area contributed by atoms with E-state index in [0.29, 0.717) is 6.04 Å². The first-order chi connectivity index (χ1) is 10.6. The van der Waals surface area contributed by atoms with E-state index in [-0.39, 0.29) is 0 Å². The van der Waals surface area contributed by atoms with Crippen molar-refractivity contribution in [2.45, 2.75) is 39.3 Å². The summed E-state index contributed by atoms with van der Waals surface area (Å²) in [6.45, 7) is 6.00. The Labute approximate surface area is 139 Å². The van der Waals surface area contributed by atoms with Crippen molar-refractivity contribution in [2.75, 3.05) is 13.7 Å². The van der Waals surface area contributed by atoms with Gasteiger partial charge in [-0.3, -0.25) is 4.90 Å². The van der Waals surface area contributed by atoms with Crippen LogP contribution in [0.3, 0.4) is 0 Å². The van der Waals surface area contributed by atoms with Crippen LogP contribution in [0.5, 0.6) is 5.75 Å². The summed E-state index contributed by atoms with van der Waals surface area (Å²) in [6, 6.07) is 6.55. The lowest BCUT2D eigenvalue weighted by Gasteiger charge is -2.25. The summed E-state index contributed by atoms with van der Waals surface area (Å²) in [5.41, 5.74) is 3.47. The second-order valence-corrected chi connectivity index (χ2v) is 6.74. The number of hydrogen-bond acceptors (Lipinski definition) is 4. The van der Waals surface area contributed by atoms with Gasteiger partial charge in [-0.05, 0) is 51.4 Å². The van der Waals surface area contributed by atoms with Crippen LogP contribution in [0.15, 0.2) is 27.2 Å². The van der Waals surface area contributed by atoms with Crippen LogP contribution < -0.4 is 4.74 Å². The zero-order valence-electron chi connectivity index (χ0n) is 13.2. The summed E-state index contributed by atoms with van der Waals surface area (Å²) in [6.07, 6.45) is 2.35. The molecule has 0 N–H and O–H groups in total. The van der Waals surface area contributed by atoms with E-state index in [1.54, 1.807) is 7.11 Å². The molecule has 1 aliphatic heterocycles. The summed E-state index contributed by atoms with van der Waals surface area (Å²) >= 11 is 3.55. The third kappa shape index (κ3) is 2.92. The molecule has 0 saturated carbocycles. The molecule has 1 aromatic carbocycles. The minimum Gasteiger partial charge on any atom is -0.496 e. The van der Waals surface area contributed by atoms with Gasteiger partial charge in [-0.25, -0.2) is 0 Å². The van der Waals surface area contributed by atoms with Crippen LogP contribution in [0, 0.1) is 13.8 Å². The van der Waals surface area contributed by atoms with E-state index in [1.807, 2.05) is 26.0 Å². The van der Waals surface area contributed by atoms with Crippen molar-refractivity contribution in [3.63, 3.8) is 0 Å². The Hall–Kier alpha value is -1.33. The van der Waals surface area contributed by atoms with E-state index >= 15 is 0 Å². The number of aromatic nitrogens is 1. The number of benzene rings is 1. The number of likely N-dealkylation sites (tertiary alicyclic amines) is 1. The molecule has 2 heterocycles. The van der Waals surface area contributed by atoms with Gasteiger partial charge >= 0.3 is 0 Å². The van der Waals surface area contributed by atoms with Crippen LogP contribution in [0.1, 0.15) is 41.5 Å². The Kier molecular flexibility index (Phi) is 4.54. The lowest BCUT2D eigenvalue weighted by molar-refractivity contribution is 0.242. The summed E-state index contributed by atoms with van der Waals surface area (Å²) in [4.78, 5) is 2.50. The molecule has 0 spiro atoms. The molecule has 1 aromatic heterocycles. The van der Waals surface area contributed by atoms with E-state index in [0.717, 1.165) is 41.2 Å². The fourth-order valence-corrected chi connectivity index (χ4v) is 3.81. The molecule has 0 bridgehead atoms. The number of aryl methyl sites for hydroxylation is 2. The molecule has 0 amide bonds. The second kappa shape index (κ2) is 6.42. The highest BCUT2D eigenvalue weighted by atomic mass is 79.9. The van der Waals surface area contributed by atoms with Gasteiger partial charge in [-0.1, -0.05) is 21.1 Å². The topological polar surface area (TPSA) is 38.5 Å². The Bertz CT molecular complexity index is 649. The molecule has 2 aromatic rings. The molecule has 3 rings (SSSR count). The maximum atomic E-state index is 5.51. The van der Waals surface area contributed by atoms with Gasteiger partial charge in [0.05, 0.1) is 12.8 Å². The minimum absolute atomic E-state index is 0.384. The average molecular weight is 365 g/mol. The monoisotopic (exact) mass is 364 g/mol. The molecule has 1 aliphatic rings. The number of rotatable bonds is 4. The van der Waals surface area contributed by atoms with Crippen LogP contribution >= 0.6 is 15.9 Å². The standard InChI is InChI=1S/C17H21BrN2O2/c1-11-17(12(2)22-19-11)15-5-4-8-20(15)10-13-9-14(18)6-7-16(13)21-3/h6-7,9,15H,4-5,8,10H2,1-3H3/t15-/m0/s1. The summed E-state index contributed by atoms with van der Waals surface area (Å²) in [5.74, 6) is 1.88. The number of halogens is 1. The zero-order valence-corrected chi connectivity index (χ0v) is 14.8. The van der Waals surface area contributed by atoms with Crippen LogP contribution in [0.2, 0.25) is 0 Å². The third-order valence-electron chi connectivity index (χ3n) is 4.40. The third-order valence-corrected chi connectivity index (χ3v) is 4.89. The van der Waals surface area contributed by atoms with Gasteiger partial charge in [0, 0.05) is 28.2 Å². The van der Waals surface area contributed by atoms with Gasteiger partial charge in [0.15, 0.2) is 0 Å². The molecular formula is C17H21BrN2O2. The summed E-state index contributed by atoms with van der Waals surface area (Å²) in [7, 11) is 1.72. The van der Waals surface area contributed by atoms with Crippen LogP contribution in [-0.2, 0) is 6.54 Å². The molecule has 5 heteroatoms. The highest BCUT2D eigenvalue weighted by molar-refractivity contribution is 9.10. The van der Waals surface area contributed by atoms with E-state index in [1.165, 1.54) is 17.5 Å².